The first-order valence-corrected chi connectivity index (χ1v) is 24.8. The van der Waals surface area contributed by atoms with E-state index in [-0.39, 0.29) is 11.5 Å². The Kier molecular flexibility index (Phi) is 25.8. The summed E-state index contributed by atoms with van der Waals surface area (Å²) < 4.78 is 212. The van der Waals surface area contributed by atoms with Crippen molar-refractivity contribution in [2.45, 2.75) is 37.3 Å². The van der Waals surface area contributed by atoms with Crippen LogP contribution in [0.25, 0.3) is 11.4 Å². The summed E-state index contributed by atoms with van der Waals surface area (Å²) in [6, 6.07) is 20.0. The van der Waals surface area contributed by atoms with Crippen LogP contribution in [0.2, 0.25) is 0 Å². The number of H-pyrrole nitrogens is 1. The van der Waals surface area contributed by atoms with Gasteiger partial charge in [0.25, 0.3) is 0 Å². The first-order valence-electron chi connectivity index (χ1n) is 17.5. The van der Waals surface area contributed by atoms with Gasteiger partial charge in [-0.15, -0.1) is 36.5 Å². The normalized spacial score (nSPS) is 11.6. The Balaban J connectivity index is 0.000000316. The number of aromatic nitrogens is 9. The van der Waals surface area contributed by atoms with Crippen molar-refractivity contribution >= 4 is 107 Å². The number of hydrogen-bond donors (Lipinski definition) is 1. The predicted octanol–water partition coefficient (Wildman–Crippen LogP) is 15.1. The van der Waals surface area contributed by atoms with Gasteiger partial charge in [0.2, 0.25) is 9.47 Å². The molecule has 0 saturated carbocycles. The minimum absolute atomic E-state index is 0.192. The summed E-state index contributed by atoms with van der Waals surface area (Å²) in [5, 5.41) is 13.9. The van der Waals surface area contributed by atoms with E-state index in [4.69, 9.17) is 0 Å². The fourth-order valence-electron chi connectivity index (χ4n) is 3.94. The molecule has 1 N–H and O–H groups in total. The van der Waals surface area contributed by atoms with Gasteiger partial charge in [-0.2, -0.15) is 49.0 Å². The molecule has 0 radical (unpaired) electrons. The number of benzene rings is 4. The Morgan fingerprint density at radius 2 is 0.778 bits per heavy atom. The molecule has 0 aliphatic carbocycles. The average molecular weight is 1580 g/mol. The van der Waals surface area contributed by atoms with Gasteiger partial charge in [0.15, 0.2) is 4.73 Å². The Hall–Kier alpha value is -3.72. The predicted molar refractivity (Wildman–Crippen MR) is 246 cm³/mol. The van der Waals surface area contributed by atoms with Crippen molar-refractivity contribution in [1.82, 2.24) is 44.7 Å². The minimum atomic E-state index is -5.78. The van der Waals surface area contributed by atoms with Gasteiger partial charge in [-0.1, -0.05) is 15.9 Å². The third-order valence-corrected chi connectivity index (χ3v) is 9.12. The fraction of sp³-hybridized carbons (Fsp3) is 0.167. The van der Waals surface area contributed by atoms with Crippen LogP contribution in [0.3, 0.4) is 0 Å². The Bertz CT molecular complexity index is 2640. The van der Waals surface area contributed by atoms with E-state index in [0.29, 0.717) is 30.0 Å². The summed E-state index contributed by atoms with van der Waals surface area (Å²) >= 11 is 20.0. The topological polar surface area (TPSA) is 140 Å². The molecule has 36 heteroatoms. The molecule has 13 nitrogen and oxygen atoms in total. The molecule has 0 atom stereocenters. The van der Waals surface area contributed by atoms with E-state index < -0.39 is 48.8 Å². The number of hydrogen-bond acceptors (Lipinski definition) is 10. The van der Waals surface area contributed by atoms with Crippen LogP contribution < -0.4 is 18.9 Å². The van der Waals surface area contributed by atoms with Crippen molar-refractivity contribution in [3.05, 3.63) is 138 Å². The Morgan fingerprint density at radius 3 is 1.03 bits per heavy atom. The van der Waals surface area contributed by atoms with Crippen molar-refractivity contribution in [2.75, 3.05) is 0 Å². The van der Waals surface area contributed by atoms with E-state index in [9.17, 15) is 70.2 Å². The molecule has 0 saturated heterocycles. The molecule has 0 unspecified atom stereocenters. The zero-order valence-electron chi connectivity index (χ0n) is 33.8. The standard InChI is InChI=1S/C10H5BrF5N3O.C9H5BrF3N3O.C8H4BrF5O.C7H4F3IO.C2H2BrN3.Cu.HI/c11-8-17-5-19(18-8)6-1-3-7(4-2-6)20-10(15,16)9(12,13)14;10-8-14-5-16(15-8)6-1-3-7(4-2-6)17-9(11,12)13;9-5-1-3-6(4-2-5)15-8(13,14)7(10,11)12;8-7(9,10)12-6-3-1-5(11)2-4-6;3-2-4-1-5-6-2;;/h1-5H;1-5H;1-4H;1-4H;1H,(H,4,5,6);;1H/q;;;;;+1;/p-1. The second-order valence-electron chi connectivity index (χ2n) is 11.9. The molecular weight excluding hydrogens is 1560 g/mol. The molecule has 7 aromatic rings. The Morgan fingerprint density at radius 1 is 0.458 bits per heavy atom. The molecule has 4 aromatic carbocycles. The third kappa shape index (κ3) is 24.5. The van der Waals surface area contributed by atoms with Gasteiger partial charge >= 0.3 is 70.4 Å². The molecule has 398 valence electrons. The van der Waals surface area contributed by atoms with Gasteiger partial charge < -0.3 is 18.9 Å². The summed E-state index contributed by atoms with van der Waals surface area (Å²) in [4.78, 5) is 11.3. The molecule has 0 aliphatic heterocycles. The number of ether oxygens (including phenoxy) is 4. The quantitative estimate of drug-likeness (QED) is 0.0888. The molecular formula is C36H20Br4CuF16I2N9O4. The zero-order valence-corrected chi connectivity index (χ0v) is 45.4. The van der Waals surface area contributed by atoms with Crippen LogP contribution in [0.5, 0.6) is 23.0 Å². The van der Waals surface area contributed by atoms with Crippen molar-refractivity contribution in [3.8, 4) is 34.4 Å². The van der Waals surface area contributed by atoms with Crippen LogP contribution >= 0.6 is 107 Å². The van der Waals surface area contributed by atoms with Gasteiger partial charge in [0, 0.05) is 8.04 Å². The van der Waals surface area contributed by atoms with Crippen LogP contribution in [-0.4, -0.2) is 82.0 Å². The molecule has 72 heavy (non-hydrogen) atoms. The summed E-state index contributed by atoms with van der Waals surface area (Å²) in [5.74, 6) is -1.64. The molecule has 0 amide bonds. The van der Waals surface area contributed by atoms with Crippen molar-refractivity contribution in [3.63, 3.8) is 0 Å². The second-order valence-corrected chi connectivity index (χ2v) is 16.2. The molecule has 3 aromatic heterocycles. The van der Waals surface area contributed by atoms with Gasteiger partial charge in [0.1, 0.15) is 42.0 Å². The molecule has 3 heterocycles. The zero-order chi connectivity index (χ0) is 54.7. The number of aromatic amines is 1. The van der Waals surface area contributed by atoms with Crippen molar-refractivity contribution in [2.24, 2.45) is 0 Å². The third-order valence-electron chi connectivity index (χ3n) is 6.76. The number of rotatable bonds is 8. The van der Waals surface area contributed by atoms with E-state index in [1.54, 1.807) is 32.5 Å². The van der Waals surface area contributed by atoms with Crippen LogP contribution in [0.4, 0.5) is 70.2 Å². The molecule has 0 fully saturated rings. The van der Waals surface area contributed by atoms with Gasteiger partial charge in [-0.3, -0.25) is 5.10 Å². The van der Waals surface area contributed by atoms with E-state index >= 15 is 0 Å². The van der Waals surface area contributed by atoms with E-state index in [1.165, 1.54) is 89.0 Å². The van der Waals surface area contributed by atoms with Crippen LogP contribution in [0.1, 0.15) is 0 Å². The maximum absolute atomic E-state index is 12.7. The fourth-order valence-corrected chi connectivity index (χ4v) is 5.29. The first kappa shape index (κ1) is 64.4. The van der Waals surface area contributed by atoms with Crippen LogP contribution in [-0.2, 0) is 12.8 Å². The van der Waals surface area contributed by atoms with Crippen LogP contribution in [0, 0.1) is 3.57 Å². The summed E-state index contributed by atoms with van der Waals surface area (Å²) in [5.41, 5.74) is 1.00. The van der Waals surface area contributed by atoms with Crippen LogP contribution in [0.15, 0.2) is 135 Å². The SMILES string of the molecule is Brc1ncn[nH]1.FC(F)(F)C(F)(F)Oc1ccc(-n2cnc(Br)n2)cc1.FC(F)(F)C(F)(F)Oc1ccc(Br)cc1.FC(F)(F)Oc1ccc(-n2cnc(Br)n2)cc1.FC(F)(F)Oc1ccc(I)cc1.[Cu][I]. The summed E-state index contributed by atoms with van der Waals surface area (Å²) in [6.45, 7) is 0. The van der Waals surface area contributed by atoms with E-state index in [0.717, 1.165) is 27.8 Å². The maximum atomic E-state index is 12.7. The second kappa shape index (κ2) is 28.8. The average Bonchev–Trinajstić information content (AvgIpc) is 4.06. The molecule has 0 spiro atoms. The number of alkyl halides is 16. The van der Waals surface area contributed by atoms with Gasteiger partial charge in [-0.25, -0.2) is 24.3 Å². The van der Waals surface area contributed by atoms with Crippen molar-refractivity contribution < 1.29 is 102 Å². The van der Waals surface area contributed by atoms with Gasteiger partial charge in [0.05, 0.1) is 11.4 Å². The van der Waals surface area contributed by atoms with Crippen molar-refractivity contribution in [1.29, 1.82) is 0 Å². The number of halogens is 22. The Labute approximate surface area is 459 Å². The van der Waals surface area contributed by atoms with Gasteiger partial charge in [-0.05, 0) is 167 Å². The molecule has 7 rings (SSSR count). The first-order chi connectivity index (χ1) is 33.2. The summed E-state index contributed by atoms with van der Waals surface area (Å²) in [6.07, 6.45) is -27.0. The number of nitrogens with one attached hydrogen (secondary N) is 1. The molecule has 0 aliphatic rings. The summed E-state index contributed by atoms with van der Waals surface area (Å²) in [7, 11) is 0. The monoisotopic (exact) mass is 1580 g/mol. The number of nitrogens with zero attached hydrogens (tertiary/aromatic N) is 8. The molecule has 0 bridgehead atoms. The van der Waals surface area contributed by atoms with E-state index in [1.807, 2.05) is 22.6 Å². The van der Waals surface area contributed by atoms with E-state index in [2.05, 4.69) is 131 Å².